The molecule has 6 heteroatoms. The summed E-state index contributed by atoms with van der Waals surface area (Å²) in [7, 11) is 1.32. The molecule has 0 aliphatic carbocycles. The highest BCUT2D eigenvalue weighted by atomic mass is 16.5. The number of methoxy groups -OCH3 is 1. The number of carbonyl (C=O) groups is 2. The third kappa shape index (κ3) is 5.38. The molecule has 0 bridgehead atoms. The fraction of sp³-hybridized carbons (Fsp3) is 0.368. The minimum Gasteiger partial charge on any atom is -0.494 e. The van der Waals surface area contributed by atoms with Crippen molar-refractivity contribution in [2.24, 2.45) is 0 Å². The van der Waals surface area contributed by atoms with E-state index in [2.05, 4.69) is 10.1 Å². The predicted molar refractivity (Wildman–Crippen MR) is 92.6 cm³/mol. The lowest BCUT2D eigenvalue weighted by atomic mass is 10.1. The number of ether oxygens (including phenoxy) is 2. The monoisotopic (exact) mass is 345 g/mol. The summed E-state index contributed by atoms with van der Waals surface area (Å²) in [4.78, 5) is 23.5. The molecule has 0 saturated heterocycles. The Bertz CT molecular complexity index is 718. The van der Waals surface area contributed by atoms with E-state index in [1.165, 1.54) is 7.11 Å². The minimum atomic E-state index is -0.450. The van der Waals surface area contributed by atoms with Crippen molar-refractivity contribution >= 4 is 11.9 Å². The summed E-state index contributed by atoms with van der Waals surface area (Å²) < 4.78 is 15.5. The van der Waals surface area contributed by atoms with Crippen LogP contribution in [0, 0.1) is 6.92 Å². The Balaban J connectivity index is 1.80. The fourth-order valence-corrected chi connectivity index (χ4v) is 2.39. The Labute approximate surface area is 147 Å². The van der Waals surface area contributed by atoms with Gasteiger partial charge in [-0.15, -0.1) is 0 Å². The average Bonchev–Trinajstić information content (AvgIpc) is 2.99. The molecule has 0 saturated carbocycles. The van der Waals surface area contributed by atoms with Crippen molar-refractivity contribution in [1.29, 1.82) is 0 Å². The van der Waals surface area contributed by atoms with Crippen molar-refractivity contribution in [3.8, 4) is 5.75 Å². The van der Waals surface area contributed by atoms with Crippen molar-refractivity contribution in [2.45, 2.75) is 33.2 Å². The molecule has 0 fully saturated rings. The highest BCUT2D eigenvalue weighted by Crippen LogP contribution is 2.16. The van der Waals surface area contributed by atoms with E-state index in [9.17, 15) is 9.59 Å². The lowest BCUT2D eigenvalue weighted by Gasteiger charge is -2.06. The van der Waals surface area contributed by atoms with Crippen LogP contribution >= 0.6 is 0 Å². The van der Waals surface area contributed by atoms with Gasteiger partial charge in [0.2, 0.25) is 5.91 Å². The maximum Gasteiger partial charge on any atom is 0.341 e. The number of furan rings is 1. The summed E-state index contributed by atoms with van der Waals surface area (Å²) in [5.74, 6) is 1.29. The molecule has 0 radical (unpaired) electrons. The molecule has 0 aliphatic heterocycles. The standard InChI is InChI=1S/C19H23NO5/c1-4-24-15-8-5-14(6-9-15)7-10-18(21)20-12-16-11-17(13(2)25-16)19(22)23-3/h5-6,8-9,11H,4,7,10,12H2,1-3H3,(H,20,21). The van der Waals surface area contributed by atoms with Gasteiger partial charge in [-0.05, 0) is 44.0 Å². The molecule has 1 heterocycles. The quantitative estimate of drug-likeness (QED) is 0.744. The maximum atomic E-state index is 12.0. The van der Waals surface area contributed by atoms with Crippen LogP contribution in [0.4, 0.5) is 0 Å². The van der Waals surface area contributed by atoms with Crippen LogP contribution in [0.3, 0.4) is 0 Å². The summed E-state index contributed by atoms with van der Waals surface area (Å²) in [6.07, 6.45) is 1.01. The van der Waals surface area contributed by atoms with Gasteiger partial charge >= 0.3 is 5.97 Å². The first-order chi connectivity index (χ1) is 12.0. The zero-order chi connectivity index (χ0) is 18.2. The van der Waals surface area contributed by atoms with E-state index in [1.807, 2.05) is 31.2 Å². The molecule has 0 spiro atoms. The third-order valence-electron chi connectivity index (χ3n) is 3.71. The van der Waals surface area contributed by atoms with Crippen LogP contribution in [-0.4, -0.2) is 25.6 Å². The van der Waals surface area contributed by atoms with E-state index in [0.717, 1.165) is 11.3 Å². The zero-order valence-electron chi connectivity index (χ0n) is 14.8. The SMILES string of the molecule is CCOc1ccc(CCC(=O)NCc2cc(C(=O)OC)c(C)o2)cc1. The highest BCUT2D eigenvalue weighted by Gasteiger charge is 2.15. The molecule has 2 rings (SSSR count). The molecule has 1 aromatic carbocycles. The van der Waals surface area contributed by atoms with E-state index in [1.54, 1.807) is 13.0 Å². The molecule has 0 unspecified atom stereocenters. The first-order valence-corrected chi connectivity index (χ1v) is 8.19. The Hall–Kier alpha value is -2.76. The van der Waals surface area contributed by atoms with E-state index in [0.29, 0.717) is 36.5 Å². The fourth-order valence-electron chi connectivity index (χ4n) is 2.39. The topological polar surface area (TPSA) is 77.8 Å². The number of amides is 1. The minimum absolute atomic E-state index is 0.0810. The van der Waals surface area contributed by atoms with Crippen LogP contribution in [0.5, 0.6) is 5.75 Å². The second-order valence-corrected chi connectivity index (χ2v) is 5.53. The number of nitrogens with one attached hydrogen (secondary N) is 1. The Morgan fingerprint density at radius 1 is 1.20 bits per heavy atom. The number of rotatable bonds is 8. The summed E-state index contributed by atoms with van der Waals surface area (Å²) in [6, 6.07) is 9.30. The van der Waals surface area contributed by atoms with Gasteiger partial charge in [0.1, 0.15) is 22.8 Å². The largest absolute Gasteiger partial charge is 0.494 e. The summed E-state index contributed by atoms with van der Waals surface area (Å²) >= 11 is 0. The Morgan fingerprint density at radius 2 is 1.92 bits per heavy atom. The molecule has 2 aromatic rings. The summed E-state index contributed by atoms with van der Waals surface area (Å²) in [6.45, 7) is 4.49. The van der Waals surface area contributed by atoms with Crippen LogP contribution in [0.2, 0.25) is 0 Å². The molecule has 134 valence electrons. The van der Waals surface area contributed by atoms with Crippen LogP contribution in [0.15, 0.2) is 34.7 Å². The van der Waals surface area contributed by atoms with Crippen molar-refractivity contribution in [3.05, 3.63) is 53.0 Å². The molecule has 1 N–H and O–H groups in total. The van der Waals surface area contributed by atoms with Crippen LogP contribution in [0.25, 0.3) is 0 Å². The highest BCUT2D eigenvalue weighted by molar-refractivity contribution is 5.90. The number of aryl methyl sites for hydroxylation is 2. The molecular formula is C19H23NO5. The molecule has 6 nitrogen and oxygen atoms in total. The van der Waals surface area contributed by atoms with Gasteiger partial charge in [0.25, 0.3) is 0 Å². The molecule has 1 aromatic heterocycles. The number of benzene rings is 1. The number of hydrogen-bond acceptors (Lipinski definition) is 5. The first-order valence-electron chi connectivity index (χ1n) is 8.19. The lowest BCUT2D eigenvalue weighted by Crippen LogP contribution is -2.22. The predicted octanol–water partition coefficient (Wildman–Crippen LogP) is 3.02. The number of hydrogen-bond donors (Lipinski definition) is 1. The Morgan fingerprint density at radius 3 is 2.56 bits per heavy atom. The lowest BCUT2D eigenvalue weighted by molar-refractivity contribution is -0.121. The van der Waals surface area contributed by atoms with Gasteiger partial charge in [-0.1, -0.05) is 12.1 Å². The van der Waals surface area contributed by atoms with Crippen molar-refractivity contribution < 1.29 is 23.5 Å². The second-order valence-electron chi connectivity index (χ2n) is 5.53. The van der Waals surface area contributed by atoms with Crippen LogP contribution in [0.1, 0.15) is 40.8 Å². The van der Waals surface area contributed by atoms with Gasteiger partial charge in [0, 0.05) is 6.42 Å². The summed E-state index contributed by atoms with van der Waals surface area (Å²) in [5.41, 5.74) is 1.45. The first kappa shape index (κ1) is 18.6. The smallest absolute Gasteiger partial charge is 0.341 e. The number of esters is 1. The Kier molecular flexibility index (Phi) is 6.62. The van der Waals surface area contributed by atoms with Crippen molar-refractivity contribution in [1.82, 2.24) is 5.32 Å². The van der Waals surface area contributed by atoms with Crippen molar-refractivity contribution in [3.63, 3.8) is 0 Å². The van der Waals surface area contributed by atoms with Crippen LogP contribution < -0.4 is 10.1 Å². The van der Waals surface area contributed by atoms with Crippen LogP contribution in [-0.2, 0) is 22.5 Å². The molecule has 0 aliphatic rings. The second kappa shape index (κ2) is 8.92. The van der Waals surface area contributed by atoms with E-state index < -0.39 is 5.97 Å². The summed E-state index contributed by atoms with van der Waals surface area (Å²) in [5, 5.41) is 2.79. The third-order valence-corrected chi connectivity index (χ3v) is 3.71. The normalized spacial score (nSPS) is 10.4. The van der Waals surface area contributed by atoms with E-state index in [-0.39, 0.29) is 12.5 Å². The van der Waals surface area contributed by atoms with Gasteiger partial charge in [0.05, 0.1) is 20.3 Å². The van der Waals surface area contributed by atoms with Crippen molar-refractivity contribution in [2.75, 3.05) is 13.7 Å². The van der Waals surface area contributed by atoms with Gasteiger partial charge in [-0.2, -0.15) is 0 Å². The maximum absolute atomic E-state index is 12.0. The molecular weight excluding hydrogens is 322 g/mol. The number of carbonyl (C=O) groups excluding carboxylic acids is 2. The molecule has 1 amide bonds. The average molecular weight is 345 g/mol. The van der Waals surface area contributed by atoms with Gasteiger partial charge in [-0.25, -0.2) is 4.79 Å². The van der Waals surface area contributed by atoms with Gasteiger partial charge < -0.3 is 19.2 Å². The molecule has 0 atom stereocenters. The van der Waals surface area contributed by atoms with E-state index >= 15 is 0 Å². The van der Waals surface area contributed by atoms with Gasteiger partial charge in [0.15, 0.2) is 0 Å². The van der Waals surface area contributed by atoms with E-state index in [4.69, 9.17) is 9.15 Å². The molecule has 25 heavy (non-hydrogen) atoms. The van der Waals surface area contributed by atoms with Gasteiger partial charge in [-0.3, -0.25) is 4.79 Å². The zero-order valence-corrected chi connectivity index (χ0v) is 14.8.